The summed E-state index contributed by atoms with van der Waals surface area (Å²) >= 11 is 1.51. The molecule has 29 heavy (non-hydrogen) atoms. The second-order valence-corrected chi connectivity index (χ2v) is 9.25. The lowest BCUT2D eigenvalue weighted by atomic mass is 10.1. The fourth-order valence-electron chi connectivity index (χ4n) is 3.64. The van der Waals surface area contributed by atoms with Crippen molar-refractivity contribution in [2.75, 3.05) is 11.1 Å². The fourth-order valence-corrected chi connectivity index (χ4v) is 4.77. The first kappa shape index (κ1) is 19.7. The quantitative estimate of drug-likeness (QED) is 0.664. The Hall–Kier alpha value is -2.61. The molecule has 0 aliphatic carbocycles. The SMILES string of the molecule is CCc1ccccc1NC(=O)CC1CSc2nc3c(cnn3C(C)(C)C)c(=O)n21. The van der Waals surface area contributed by atoms with Gasteiger partial charge in [-0.1, -0.05) is 36.9 Å². The number of benzene rings is 1. The van der Waals surface area contributed by atoms with E-state index in [9.17, 15) is 9.59 Å². The lowest BCUT2D eigenvalue weighted by molar-refractivity contribution is -0.116. The zero-order valence-corrected chi connectivity index (χ0v) is 17.9. The van der Waals surface area contributed by atoms with E-state index in [1.807, 2.05) is 45.0 Å². The van der Waals surface area contributed by atoms with Crippen molar-refractivity contribution >= 4 is 34.4 Å². The Bertz CT molecular complexity index is 1140. The summed E-state index contributed by atoms with van der Waals surface area (Å²) in [5.41, 5.74) is 2.13. The Kier molecular flexibility index (Phi) is 4.98. The summed E-state index contributed by atoms with van der Waals surface area (Å²) in [5, 5.41) is 8.53. The third-order valence-corrected chi connectivity index (χ3v) is 6.20. The number of fused-ring (bicyclic) bond motifs is 2. The van der Waals surface area contributed by atoms with Crippen molar-refractivity contribution in [2.24, 2.45) is 0 Å². The highest BCUT2D eigenvalue weighted by atomic mass is 32.2. The predicted octanol–water partition coefficient (Wildman–Crippen LogP) is 3.59. The van der Waals surface area contributed by atoms with Crippen molar-refractivity contribution in [1.29, 1.82) is 0 Å². The monoisotopic (exact) mass is 411 g/mol. The summed E-state index contributed by atoms with van der Waals surface area (Å²) in [6.45, 7) is 8.14. The molecular weight excluding hydrogens is 386 g/mol. The molecule has 3 aromatic rings. The van der Waals surface area contributed by atoms with E-state index in [1.54, 1.807) is 15.4 Å². The predicted molar refractivity (Wildman–Crippen MR) is 116 cm³/mol. The van der Waals surface area contributed by atoms with Gasteiger partial charge in [-0.2, -0.15) is 5.10 Å². The second-order valence-electron chi connectivity index (χ2n) is 8.26. The topological polar surface area (TPSA) is 81.8 Å². The molecule has 1 aromatic carbocycles. The standard InChI is InChI=1S/C21H25N5O2S/c1-5-13-8-6-7-9-16(13)23-17(27)10-14-12-29-20-24-18-15(19(28)25(14)20)11-22-26(18)21(2,3)4/h6-9,11,14H,5,10,12H2,1-4H3,(H,23,27). The lowest BCUT2D eigenvalue weighted by Gasteiger charge is -2.20. The summed E-state index contributed by atoms with van der Waals surface area (Å²) in [5.74, 6) is 0.558. The van der Waals surface area contributed by atoms with E-state index in [-0.39, 0.29) is 29.5 Å². The van der Waals surface area contributed by atoms with Crippen molar-refractivity contribution < 1.29 is 4.79 Å². The minimum absolute atomic E-state index is 0.0956. The molecule has 4 rings (SSSR count). The number of carbonyl (C=O) groups excluding carboxylic acids is 1. The third kappa shape index (κ3) is 3.57. The lowest BCUT2D eigenvalue weighted by Crippen LogP contribution is -2.29. The van der Waals surface area contributed by atoms with E-state index in [4.69, 9.17) is 4.98 Å². The van der Waals surface area contributed by atoms with Gasteiger partial charge in [-0.3, -0.25) is 14.2 Å². The molecule has 0 saturated carbocycles. The van der Waals surface area contributed by atoms with Gasteiger partial charge >= 0.3 is 0 Å². The average molecular weight is 412 g/mol. The molecule has 1 aliphatic rings. The van der Waals surface area contributed by atoms with Crippen LogP contribution in [-0.2, 0) is 16.8 Å². The number of hydrogen-bond donors (Lipinski definition) is 1. The largest absolute Gasteiger partial charge is 0.326 e. The number of rotatable bonds is 4. The van der Waals surface area contributed by atoms with Gasteiger partial charge in [0, 0.05) is 17.9 Å². The fraction of sp³-hybridized carbons (Fsp3) is 0.429. The molecule has 1 aliphatic heterocycles. The third-order valence-electron chi connectivity index (χ3n) is 5.10. The first-order chi connectivity index (χ1) is 13.8. The van der Waals surface area contributed by atoms with Crippen LogP contribution in [0.5, 0.6) is 0 Å². The molecule has 3 heterocycles. The van der Waals surface area contributed by atoms with Crippen molar-refractivity contribution in [1.82, 2.24) is 19.3 Å². The Morgan fingerprint density at radius 1 is 1.31 bits per heavy atom. The molecule has 0 spiro atoms. The van der Waals surface area contributed by atoms with Crippen LogP contribution < -0.4 is 10.9 Å². The van der Waals surface area contributed by atoms with Gasteiger partial charge in [0.05, 0.1) is 17.8 Å². The van der Waals surface area contributed by atoms with Crippen LogP contribution in [0.25, 0.3) is 11.0 Å². The van der Waals surface area contributed by atoms with Crippen LogP contribution in [0, 0.1) is 0 Å². The maximum Gasteiger partial charge on any atom is 0.265 e. The molecule has 1 unspecified atom stereocenters. The number of carbonyl (C=O) groups is 1. The molecule has 8 heteroatoms. The first-order valence-corrected chi connectivity index (χ1v) is 10.8. The molecule has 1 amide bonds. The van der Waals surface area contributed by atoms with Crippen molar-refractivity contribution in [3.8, 4) is 0 Å². The van der Waals surface area contributed by atoms with Gasteiger partial charge in [-0.05, 0) is 38.8 Å². The normalized spacial score (nSPS) is 16.2. The first-order valence-electron chi connectivity index (χ1n) is 9.81. The maximum absolute atomic E-state index is 13.1. The maximum atomic E-state index is 13.1. The summed E-state index contributed by atoms with van der Waals surface area (Å²) in [7, 11) is 0. The molecule has 1 N–H and O–H groups in total. The smallest absolute Gasteiger partial charge is 0.265 e. The minimum atomic E-state index is -0.269. The molecule has 0 saturated heterocycles. The van der Waals surface area contributed by atoms with Gasteiger partial charge in [0.25, 0.3) is 5.56 Å². The number of aryl methyl sites for hydroxylation is 1. The number of nitrogens with zero attached hydrogens (tertiary/aromatic N) is 4. The van der Waals surface area contributed by atoms with E-state index in [0.29, 0.717) is 21.9 Å². The molecule has 2 aromatic heterocycles. The summed E-state index contributed by atoms with van der Waals surface area (Å²) in [6, 6.07) is 7.58. The van der Waals surface area contributed by atoms with Gasteiger partial charge < -0.3 is 5.32 Å². The van der Waals surface area contributed by atoms with Crippen molar-refractivity contribution in [3.05, 3.63) is 46.4 Å². The van der Waals surface area contributed by atoms with E-state index in [0.717, 1.165) is 17.7 Å². The number of nitrogens with one attached hydrogen (secondary N) is 1. The molecule has 0 radical (unpaired) electrons. The van der Waals surface area contributed by atoms with Gasteiger partial charge in [0.2, 0.25) is 5.91 Å². The van der Waals surface area contributed by atoms with Crippen LogP contribution in [-0.4, -0.2) is 31.0 Å². The molecule has 7 nitrogen and oxygen atoms in total. The Labute approximate surface area is 173 Å². The highest BCUT2D eigenvalue weighted by molar-refractivity contribution is 7.99. The number of para-hydroxylation sites is 1. The van der Waals surface area contributed by atoms with E-state index < -0.39 is 0 Å². The highest BCUT2D eigenvalue weighted by Crippen LogP contribution is 2.34. The number of hydrogen-bond acceptors (Lipinski definition) is 5. The van der Waals surface area contributed by atoms with Crippen LogP contribution in [0.3, 0.4) is 0 Å². The molecule has 0 fully saturated rings. The van der Waals surface area contributed by atoms with Gasteiger partial charge in [-0.25, -0.2) is 9.67 Å². The average Bonchev–Trinajstić information content (AvgIpc) is 3.27. The van der Waals surface area contributed by atoms with Gasteiger partial charge in [-0.15, -0.1) is 0 Å². The number of aromatic nitrogens is 4. The molecule has 1 atom stereocenters. The number of amides is 1. The summed E-state index contributed by atoms with van der Waals surface area (Å²) in [6.07, 6.45) is 2.66. The van der Waals surface area contributed by atoms with Crippen LogP contribution in [0.2, 0.25) is 0 Å². The van der Waals surface area contributed by atoms with Crippen LogP contribution >= 0.6 is 11.8 Å². The van der Waals surface area contributed by atoms with Gasteiger partial charge in [0.1, 0.15) is 5.39 Å². The number of anilines is 1. The molecule has 0 bridgehead atoms. The van der Waals surface area contributed by atoms with Crippen molar-refractivity contribution in [3.63, 3.8) is 0 Å². The summed E-state index contributed by atoms with van der Waals surface area (Å²) in [4.78, 5) is 30.5. The molecular formula is C21H25N5O2S. The van der Waals surface area contributed by atoms with Crippen LogP contribution in [0.4, 0.5) is 5.69 Å². The van der Waals surface area contributed by atoms with E-state index in [1.165, 1.54) is 11.8 Å². The zero-order chi connectivity index (χ0) is 20.8. The zero-order valence-electron chi connectivity index (χ0n) is 17.1. The van der Waals surface area contributed by atoms with Crippen LogP contribution in [0.1, 0.15) is 45.7 Å². The van der Waals surface area contributed by atoms with E-state index in [2.05, 4.69) is 17.3 Å². The van der Waals surface area contributed by atoms with Crippen molar-refractivity contribution in [2.45, 2.75) is 57.3 Å². The van der Waals surface area contributed by atoms with Gasteiger partial charge in [0.15, 0.2) is 10.8 Å². The van der Waals surface area contributed by atoms with Crippen LogP contribution in [0.15, 0.2) is 40.4 Å². The Morgan fingerprint density at radius 2 is 2.07 bits per heavy atom. The second kappa shape index (κ2) is 7.33. The summed E-state index contributed by atoms with van der Waals surface area (Å²) < 4.78 is 3.44. The Balaban J connectivity index is 1.62. The minimum Gasteiger partial charge on any atom is -0.326 e. The highest BCUT2D eigenvalue weighted by Gasteiger charge is 2.30. The molecule has 152 valence electrons. The van der Waals surface area contributed by atoms with E-state index >= 15 is 0 Å². The Morgan fingerprint density at radius 3 is 2.79 bits per heavy atom. The number of thioether (sulfide) groups is 1.